The van der Waals surface area contributed by atoms with Crippen LogP contribution in [0.15, 0.2) is 30.6 Å². The lowest BCUT2D eigenvalue weighted by molar-refractivity contribution is -0.384. The molecular formula is C13H11N5O2. The van der Waals surface area contributed by atoms with Crippen molar-refractivity contribution in [1.29, 1.82) is 5.26 Å². The van der Waals surface area contributed by atoms with E-state index in [0.717, 1.165) is 0 Å². The molecule has 0 amide bonds. The van der Waals surface area contributed by atoms with Crippen molar-refractivity contribution in [2.75, 3.05) is 11.9 Å². The van der Waals surface area contributed by atoms with E-state index in [1.807, 2.05) is 13.0 Å². The van der Waals surface area contributed by atoms with Crippen molar-refractivity contribution in [1.82, 2.24) is 9.97 Å². The zero-order valence-electron chi connectivity index (χ0n) is 10.7. The first-order chi connectivity index (χ1) is 9.63. The SMILES string of the molecule is CCNc1cc([N+](=O)[O-])cc(-c2cncc(C#N)c2)n1. The summed E-state index contributed by atoms with van der Waals surface area (Å²) >= 11 is 0. The Labute approximate surface area is 115 Å². The highest BCUT2D eigenvalue weighted by molar-refractivity contribution is 5.65. The fourth-order valence-electron chi connectivity index (χ4n) is 1.68. The van der Waals surface area contributed by atoms with Gasteiger partial charge in [0.2, 0.25) is 0 Å². The fourth-order valence-corrected chi connectivity index (χ4v) is 1.68. The number of nitrogens with one attached hydrogen (secondary N) is 1. The molecule has 20 heavy (non-hydrogen) atoms. The zero-order chi connectivity index (χ0) is 14.5. The van der Waals surface area contributed by atoms with Crippen LogP contribution in [-0.2, 0) is 0 Å². The summed E-state index contributed by atoms with van der Waals surface area (Å²) < 4.78 is 0. The number of hydrogen-bond acceptors (Lipinski definition) is 6. The van der Waals surface area contributed by atoms with Crippen LogP contribution < -0.4 is 5.32 Å². The summed E-state index contributed by atoms with van der Waals surface area (Å²) in [6.07, 6.45) is 2.94. The number of pyridine rings is 2. The zero-order valence-corrected chi connectivity index (χ0v) is 10.7. The molecule has 1 N–H and O–H groups in total. The smallest absolute Gasteiger partial charge is 0.275 e. The van der Waals surface area contributed by atoms with Gasteiger partial charge in [-0.3, -0.25) is 15.1 Å². The van der Waals surface area contributed by atoms with Gasteiger partial charge in [-0.1, -0.05) is 0 Å². The number of nitro groups is 1. The Kier molecular flexibility index (Phi) is 3.86. The molecule has 0 saturated carbocycles. The minimum Gasteiger partial charge on any atom is -0.370 e. The molecule has 0 saturated heterocycles. The van der Waals surface area contributed by atoms with Crippen LogP contribution in [0, 0.1) is 21.4 Å². The summed E-state index contributed by atoms with van der Waals surface area (Å²) in [5.41, 5.74) is 1.28. The Morgan fingerprint density at radius 2 is 2.20 bits per heavy atom. The van der Waals surface area contributed by atoms with E-state index in [2.05, 4.69) is 15.3 Å². The predicted octanol–water partition coefficient (Wildman–Crippen LogP) is 2.36. The molecule has 0 atom stereocenters. The van der Waals surface area contributed by atoms with Gasteiger partial charge >= 0.3 is 0 Å². The quantitative estimate of drug-likeness (QED) is 0.674. The van der Waals surface area contributed by atoms with Gasteiger partial charge < -0.3 is 5.32 Å². The van der Waals surface area contributed by atoms with Gasteiger partial charge in [-0.25, -0.2) is 4.98 Å². The first kappa shape index (κ1) is 13.4. The predicted molar refractivity (Wildman–Crippen MR) is 73.0 cm³/mol. The van der Waals surface area contributed by atoms with Gasteiger partial charge in [-0.05, 0) is 13.0 Å². The van der Waals surface area contributed by atoms with E-state index in [1.54, 1.807) is 6.07 Å². The molecule has 2 rings (SSSR count). The van der Waals surface area contributed by atoms with Crippen molar-refractivity contribution in [3.05, 3.63) is 46.3 Å². The third-order valence-electron chi connectivity index (χ3n) is 2.54. The van der Waals surface area contributed by atoms with Crippen molar-refractivity contribution >= 4 is 11.5 Å². The Bertz CT molecular complexity index is 693. The van der Waals surface area contributed by atoms with E-state index in [4.69, 9.17) is 5.26 Å². The molecule has 0 bridgehead atoms. The van der Waals surface area contributed by atoms with Crippen LogP contribution in [0.4, 0.5) is 11.5 Å². The molecule has 0 spiro atoms. The van der Waals surface area contributed by atoms with E-state index in [0.29, 0.717) is 29.2 Å². The molecule has 7 nitrogen and oxygen atoms in total. The monoisotopic (exact) mass is 269 g/mol. The van der Waals surface area contributed by atoms with Crippen LogP contribution in [0.25, 0.3) is 11.3 Å². The molecule has 0 fully saturated rings. The molecule has 0 aliphatic carbocycles. The van der Waals surface area contributed by atoms with Crippen molar-refractivity contribution in [3.8, 4) is 17.3 Å². The summed E-state index contributed by atoms with van der Waals surface area (Å²) in [6.45, 7) is 2.47. The third kappa shape index (κ3) is 2.87. The second-order valence-electron chi connectivity index (χ2n) is 3.96. The molecule has 2 heterocycles. The Morgan fingerprint density at radius 3 is 2.85 bits per heavy atom. The van der Waals surface area contributed by atoms with Gasteiger partial charge in [0.15, 0.2) is 0 Å². The van der Waals surface area contributed by atoms with Gasteiger partial charge in [0.05, 0.1) is 22.2 Å². The van der Waals surface area contributed by atoms with E-state index in [1.165, 1.54) is 24.5 Å². The topological polar surface area (TPSA) is 105 Å². The molecule has 100 valence electrons. The number of anilines is 1. The first-order valence-electron chi connectivity index (χ1n) is 5.90. The summed E-state index contributed by atoms with van der Waals surface area (Å²) in [7, 11) is 0. The van der Waals surface area contributed by atoms with Gasteiger partial charge in [0.25, 0.3) is 5.69 Å². The Balaban J connectivity index is 2.54. The largest absolute Gasteiger partial charge is 0.370 e. The summed E-state index contributed by atoms with van der Waals surface area (Å²) in [4.78, 5) is 18.7. The lowest BCUT2D eigenvalue weighted by atomic mass is 10.1. The van der Waals surface area contributed by atoms with Gasteiger partial charge in [0.1, 0.15) is 11.9 Å². The molecule has 0 aromatic carbocycles. The van der Waals surface area contributed by atoms with Crippen LogP contribution in [0.1, 0.15) is 12.5 Å². The summed E-state index contributed by atoms with van der Waals surface area (Å²) in [5.74, 6) is 0.416. The number of rotatable bonds is 4. The molecule has 0 aliphatic heterocycles. The second-order valence-corrected chi connectivity index (χ2v) is 3.96. The Morgan fingerprint density at radius 1 is 1.40 bits per heavy atom. The van der Waals surface area contributed by atoms with Crippen molar-refractivity contribution in [2.24, 2.45) is 0 Å². The maximum atomic E-state index is 10.9. The molecule has 2 aromatic rings. The first-order valence-corrected chi connectivity index (χ1v) is 5.90. The normalized spacial score (nSPS) is 9.80. The minimum absolute atomic E-state index is 0.0617. The number of hydrogen-bond donors (Lipinski definition) is 1. The van der Waals surface area contributed by atoms with Crippen LogP contribution in [0.5, 0.6) is 0 Å². The van der Waals surface area contributed by atoms with E-state index >= 15 is 0 Å². The van der Waals surface area contributed by atoms with Crippen molar-refractivity contribution in [2.45, 2.75) is 6.92 Å². The molecule has 2 aromatic heterocycles. The van der Waals surface area contributed by atoms with Crippen LogP contribution in [-0.4, -0.2) is 21.4 Å². The number of nitrogens with zero attached hydrogens (tertiary/aromatic N) is 4. The second kappa shape index (κ2) is 5.75. The highest BCUT2D eigenvalue weighted by Crippen LogP contribution is 2.25. The standard InChI is InChI=1S/C13H11N5O2/c1-2-16-13-5-11(18(19)20)4-12(17-13)10-3-9(6-14)7-15-8-10/h3-5,7-8H,2H2,1H3,(H,16,17). The van der Waals surface area contributed by atoms with Crippen molar-refractivity contribution in [3.63, 3.8) is 0 Å². The maximum absolute atomic E-state index is 10.9. The minimum atomic E-state index is -0.479. The van der Waals surface area contributed by atoms with E-state index in [-0.39, 0.29) is 5.69 Å². The van der Waals surface area contributed by atoms with Gasteiger partial charge in [-0.2, -0.15) is 5.26 Å². The average Bonchev–Trinajstić information content (AvgIpc) is 2.47. The average molecular weight is 269 g/mol. The molecule has 7 heteroatoms. The third-order valence-corrected chi connectivity index (χ3v) is 2.54. The summed E-state index contributed by atoms with van der Waals surface area (Å²) in [5, 5.41) is 22.7. The molecular weight excluding hydrogens is 258 g/mol. The van der Waals surface area contributed by atoms with Crippen LogP contribution in [0.2, 0.25) is 0 Å². The highest BCUT2D eigenvalue weighted by atomic mass is 16.6. The van der Waals surface area contributed by atoms with Gasteiger partial charge in [-0.15, -0.1) is 0 Å². The Hall–Kier alpha value is -3.01. The van der Waals surface area contributed by atoms with Crippen molar-refractivity contribution < 1.29 is 4.92 Å². The lowest BCUT2D eigenvalue weighted by Gasteiger charge is -2.06. The van der Waals surface area contributed by atoms with Gasteiger partial charge in [0, 0.05) is 30.6 Å². The fraction of sp³-hybridized carbons (Fsp3) is 0.154. The molecule has 0 radical (unpaired) electrons. The molecule has 0 aliphatic rings. The van der Waals surface area contributed by atoms with Crippen LogP contribution in [0.3, 0.4) is 0 Å². The number of aromatic nitrogens is 2. The highest BCUT2D eigenvalue weighted by Gasteiger charge is 2.12. The number of nitriles is 1. The van der Waals surface area contributed by atoms with E-state index < -0.39 is 4.92 Å². The van der Waals surface area contributed by atoms with Crippen LogP contribution >= 0.6 is 0 Å². The lowest BCUT2D eigenvalue weighted by Crippen LogP contribution is -2.02. The molecule has 0 unspecified atom stereocenters. The van der Waals surface area contributed by atoms with E-state index in [9.17, 15) is 10.1 Å². The maximum Gasteiger partial charge on any atom is 0.275 e. The summed E-state index contributed by atoms with van der Waals surface area (Å²) in [6, 6.07) is 6.30.